The molecule has 0 amide bonds. The number of rotatable bonds is 5. The highest BCUT2D eigenvalue weighted by Crippen LogP contribution is 2.38. The number of aryl methyl sites for hydroxylation is 1. The predicted octanol–water partition coefficient (Wildman–Crippen LogP) is 3.01. The number of halogens is 1. The molecule has 7 nitrogen and oxygen atoms in total. The number of hydrogen-bond donors (Lipinski definition) is 2. The molecular formula is C22H22FN5O2. The summed E-state index contributed by atoms with van der Waals surface area (Å²) >= 11 is 0. The Morgan fingerprint density at radius 2 is 2.13 bits per heavy atom. The first-order chi connectivity index (χ1) is 14.6. The van der Waals surface area contributed by atoms with Crippen LogP contribution in [0.25, 0.3) is 11.1 Å². The van der Waals surface area contributed by atoms with Gasteiger partial charge in [-0.3, -0.25) is 4.98 Å². The molecule has 0 aliphatic heterocycles. The average molecular weight is 407 g/mol. The minimum absolute atomic E-state index is 0.0153. The molecule has 3 N–H and O–H groups in total. The van der Waals surface area contributed by atoms with Gasteiger partial charge in [0, 0.05) is 29.9 Å². The minimum atomic E-state index is -0.309. The highest BCUT2D eigenvalue weighted by Gasteiger charge is 2.30. The molecular weight excluding hydrogens is 385 g/mol. The van der Waals surface area contributed by atoms with Crippen molar-refractivity contribution < 1.29 is 14.3 Å². The maximum atomic E-state index is 14.1. The fraction of sp³-hybridized carbons (Fsp3) is 0.273. The van der Waals surface area contributed by atoms with Gasteiger partial charge in [0.25, 0.3) is 0 Å². The summed E-state index contributed by atoms with van der Waals surface area (Å²) in [6.45, 7) is 1.82. The molecule has 1 aliphatic rings. The number of nitrogens with two attached hydrogens (primary N) is 1. The predicted molar refractivity (Wildman–Crippen MR) is 111 cm³/mol. The van der Waals surface area contributed by atoms with Gasteiger partial charge in [-0.25, -0.2) is 14.4 Å². The van der Waals surface area contributed by atoms with Crippen molar-refractivity contribution in [1.82, 2.24) is 15.0 Å². The van der Waals surface area contributed by atoms with E-state index in [1.165, 1.54) is 12.1 Å². The standard InChI is InChI=1S/C22H22FN5O2/c1-13-21-19(27-22(24)26-13)9-15(10-20(21)28-30-8-7-29)17-5-4-16(23)11-18(17)14-3-2-6-25-12-14/h2-6,11-12,15,29H,7-10H2,1H3,(H2,24,26,27). The molecule has 8 heteroatoms. The van der Waals surface area contributed by atoms with Crippen LogP contribution in [0.5, 0.6) is 0 Å². The van der Waals surface area contributed by atoms with E-state index in [1.807, 2.05) is 19.1 Å². The molecule has 0 spiro atoms. The molecule has 1 unspecified atom stereocenters. The van der Waals surface area contributed by atoms with Crippen molar-refractivity contribution in [3.05, 3.63) is 71.1 Å². The SMILES string of the molecule is Cc1nc(N)nc2c1C(=NOCCO)CC(c1ccc(F)cc1-c1cccnc1)C2. The zero-order valence-electron chi connectivity index (χ0n) is 16.5. The Hall–Kier alpha value is -3.39. The molecule has 0 saturated carbocycles. The van der Waals surface area contributed by atoms with Crippen LogP contribution in [-0.4, -0.2) is 39.0 Å². The van der Waals surface area contributed by atoms with Crippen molar-refractivity contribution in [2.75, 3.05) is 18.9 Å². The molecule has 1 aromatic carbocycles. The van der Waals surface area contributed by atoms with E-state index >= 15 is 0 Å². The second-order valence-electron chi connectivity index (χ2n) is 7.16. The third-order valence-corrected chi connectivity index (χ3v) is 5.14. The maximum Gasteiger partial charge on any atom is 0.220 e. The number of aromatic nitrogens is 3. The third kappa shape index (κ3) is 3.99. The van der Waals surface area contributed by atoms with Gasteiger partial charge in [-0.2, -0.15) is 0 Å². The van der Waals surface area contributed by atoms with Gasteiger partial charge < -0.3 is 15.7 Å². The second kappa shape index (κ2) is 8.54. The second-order valence-corrected chi connectivity index (χ2v) is 7.16. The van der Waals surface area contributed by atoms with Gasteiger partial charge in [-0.05, 0) is 48.6 Å². The highest BCUT2D eigenvalue weighted by atomic mass is 19.1. The largest absolute Gasteiger partial charge is 0.393 e. The lowest BCUT2D eigenvalue weighted by Gasteiger charge is -2.28. The summed E-state index contributed by atoms with van der Waals surface area (Å²) in [6.07, 6.45) is 4.58. The topological polar surface area (TPSA) is 107 Å². The first-order valence-corrected chi connectivity index (χ1v) is 9.69. The molecule has 2 aromatic heterocycles. The lowest BCUT2D eigenvalue weighted by atomic mass is 9.78. The summed E-state index contributed by atoms with van der Waals surface area (Å²) in [5.41, 5.74) is 11.5. The Morgan fingerprint density at radius 3 is 2.90 bits per heavy atom. The molecule has 0 fully saturated rings. The third-order valence-electron chi connectivity index (χ3n) is 5.14. The fourth-order valence-corrected chi connectivity index (χ4v) is 3.94. The van der Waals surface area contributed by atoms with Crippen LogP contribution in [0.1, 0.15) is 34.9 Å². The van der Waals surface area contributed by atoms with Gasteiger partial charge in [-0.15, -0.1) is 0 Å². The van der Waals surface area contributed by atoms with Crippen LogP contribution in [-0.2, 0) is 11.3 Å². The molecule has 3 aromatic rings. The van der Waals surface area contributed by atoms with Gasteiger partial charge in [0.05, 0.1) is 23.7 Å². The summed E-state index contributed by atoms with van der Waals surface area (Å²) in [6, 6.07) is 8.53. The smallest absolute Gasteiger partial charge is 0.220 e. The van der Waals surface area contributed by atoms with E-state index < -0.39 is 0 Å². The zero-order chi connectivity index (χ0) is 21.1. The van der Waals surface area contributed by atoms with Crippen molar-refractivity contribution in [1.29, 1.82) is 0 Å². The number of hydrogen-bond acceptors (Lipinski definition) is 7. The number of aliphatic hydroxyl groups excluding tert-OH is 1. The summed E-state index contributed by atoms with van der Waals surface area (Å²) in [4.78, 5) is 18.1. The summed E-state index contributed by atoms with van der Waals surface area (Å²) in [7, 11) is 0. The molecule has 30 heavy (non-hydrogen) atoms. The van der Waals surface area contributed by atoms with E-state index in [2.05, 4.69) is 20.1 Å². The summed E-state index contributed by atoms with van der Waals surface area (Å²) in [5.74, 6) is -0.121. The van der Waals surface area contributed by atoms with Gasteiger partial charge in [0.1, 0.15) is 12.4 Å². The summed E-state index contributed by atoms with van der Waals surface area (Å²) < 4.78 is 14.1. The molecule has 4 rings (SSSR count). The molecule has 2 heterocycles. The fourth-order valence-electron chi connectivity index (χ4n) is 3.94. The molecule has 0 saturated heterocycles. The number of pyridine rings is 1. The van der Waals surface area contributed by atoms with Crippen LogP contribution in [0.15, 0.2) is 47.9 Å². The number of anilines is 1. The molecule has 0 bridgehead atoms. The summed E-state index contributed by atoms with van der Waals surface area (Å²) in [5, 5.41) is 13.3. The van der Waals surface area contributed by atoms with E-state index in [1.54, 1.807) is 18.5 Å². The lowest BCUT2D eigenvalue weighted by Crippen LogP contribution is -2.24. The van der Waals surface area contributed by atoms with Crippen molar-refractivity contribution in [2.45, 2.75) is 25.7 Å². The van der Waals surface area contributed by atoms with E-state index in [-0.39, 0.29) is 30.9 Å². The number of nitrogen functional groups attached to an aromatic ring is 1. The first kappa shape index (κ1) is 19.9. The maximum absolute atomic E-state index is 14.1. The Kier molecular flexibility index (Phi) is 5.67. The molecule has 0 radical (unpaired) electrons. The van der Waals surface area contributed by atoms with E-state index in [0.29, 0.717) is 18.6 Å². The van der Waals surface area contributed by atoms with Crippen molar-refractivity contribution in [3.63, 3.8) is 0 Å². The number of fused-ring (bicyclic) bond motifs is 1. The number of oxime groups is 1. The van der Waals surface area contributed by atoms with Crippen molar-refractivity contribution in [3.8, 4) is 11.1 Å². The Morgan fingerprint density at radius 1 is 1.27 bits per heavy atom. The van der Waals surface area contributed by atoms with Crippen LogP contribution in [0.4, 0.5) is 10.3 Å². The van der Waals surface area contributed by atoms with Crippen molar-refractivity contribution >= 4 is 11.7 Å². The Bertz CT molecular complexity index is 1090. The van der Waals surface area contributed by atoms with Crippen molar-refractivity contribution in [2.24, 2.45) is 5.16 Å². The lowest BCUT2D eigenvalue weighted by molar-refractivity contribution is 0.0981. The Labute approximate surface area is 173 Å². The number of nitrogens with zero attached hydrogens (tertiary/aromatic N) is 4. The van der Waals surface area contributed by atoms with Gasteiger partial charge in [0.2, 0.25) is 5.95 Å². The van der Waals surface area contributed by atoms with E-state index in [0.717, 1.165) is 33.6 Å². The quantitative estimate of drug-likeness (QED) is 0.497. The van der Waals surface area contributed by atoms with Crippen LogP contribution < -0.4 is 5.73 Å². The Balaban J connectivity index is 1.80. The van der Waals surface area contributed by atoms with E-state index in [9.17, 15) is 4.39 Å². The molecule has 1 aliphatic carbocycles. The highest BCUT2D eigenvalue weighted by molar-refractivity contribution is 6.03. The first-order valence-electron chi connectivity index (χ1n) is 9.69. The monoisotopic (exact) mass is 407 g/mol. The molecule has 154 valence electrons. The van der Waals surface area contributed by atoms with Gasteiger partial charge >= 0.3 is 0 Å². The van der Waals surface area contributed by atoms with Crippen LogP contribution in [0.3, 0.4) is 0 Å². The average Bonchev–Trinajstić information content (AvgIpc) is 2.73. The van der Waals surface area contributed by atoms with E-state index in [4.69, 9.17) is 15.7 Å². The van der Waals surface area contributed by atoms with Crippen LogP contribution in [0.2, 0.25) is 0 Å². The molecule has 1 atom stereocenters. The number of benzene rings is 1. The normalized spacial score (nSPS) is 17.0. The zero-order valence-corrected chi connectivity index (χ0v) is 16.5. The van der Waals surface area contributed by atoms with Crippen LogP contribution in [0, 0.1) is 12.7 Å². The van der Waals surface area contributed by atoms with Gasteiger partial charge in [0.15, 0.2) is 0 Å². The minimum Gasteiger partial charge on any atom is -0.393 e. The number of aliphatic hydroxyl groups is 1. The van der Waals surface area contributed by atoms with Gasteiger partial charge in [-0.1, -0.05) is 17.3 Å². The van der Waals surface area contributed by atoms with Crippen LogP contribution >= 0.6 is 0 Å².